The molecule has 0 aliphatic carbocycles. The number of allylic oxidation sites excluding steroid dienone is 1. The van der Waals surface area contributed by atoms with Gasteiger partial charge in [-0.3, -0.25) is 4.79 Å². The van der Waals surface area contributed by atoms with Crippen molar-refractivity contribution >= 4 is 17.8 Å². The van der Waals surface area contributed by atoms with Crippen molar-refractivity contribution < 1.29 is 23.8 Å². The van der Waals surface area contributed by atoms with Crippen LogP contribution in [-0.2, 0) is 4.74 Å². The standard InChI is InChI=1S/C21H22O5/c1-4-13-26-21(23)17-8-6-5-7-15(17)9-11-19(22)18-14-16(24-2)10-12-20(18)25-3/h5-12,14H,4,13H2,1-3H3/b11-9+. The van der Waals surface area contributed by atoms with Gasteiger partial charge in [0.25, 0.3) is 0 Å². The maximum Gasteiger partial charge on any atom is 0.338 e. The Morgan fingerprint density at radius 3 is 2.46 bits per heavy atom. The molecule has 2 rings (SSSR count). The van der Waals surface area contributed by atoms with Crippen LogP contribution < -0.4 is 9.47 Å². The molecule has 0 saturated heterocycles. The molecule has 0 fully saturated rings. The van der Waals surface area contributed by atoms with Crippen molar-refractivity contribution in [1.82, 2.24) is 0 Å². The van der Waals surface area contributed by atoms with Crippen LogP contribution in [0, 0.1) is 0 Å². The number of ether oxygens (including phenoxy) is 3. The van der Waals surface area contributed by atoms with Gasteiger partial charge in [-0.05, 0) is 42.3 Å². The summed E-state index contributed by atoms with van der Waals surface area (Å²) in [7, 11) is 3.03. The predicted octanol–water partition coefficient (Wildman–Crippen LogP) is 4.17. The van der Waals surface area contributed by atoms with Gasteiger partial charge in [0.1, 0.15) is 11.5 Å². The third-order valence-electron chi connectivity index (χ3n) is 3.70. The van der Waals surface area contributed by atoms with Gasteiger partial charge in [-0.25, -0.2) is 4.79 Å². The van der Waals surface area contributed by atoms with E-state index in [1.165, 1.54) is 20.3 Å². The van der Waals surface area contributed by atoms with Gasteiger partial charge in [-0.1, -0.05) is 31.2 Å². The molecular formula is C21H22O5. The minimum Gasteiger partial charge on any atom is -0.497 e. The number of carbonyl (C=O) groups is 2. The number of hydrogen-bond donors (Lipinski definition) is 0. The Labute approximate surface area is 153 Å². The molecule has 0 heterocycles. The lowest BCUT2D eigenvalue weighted by molar-refractivity contribution is 0.0504. The smallest absolute Gasteiger partial charge is 0.338 e. The molecule has 0 radical (unpaired) electrons. The second-order valence-electron chi connectivity index (χ2n) is 5.49. The van der Waals surface area contributed by atoms with Crippen molar-refractivity contribution in [2.45, 2.75) is 13.3 Å². The van der Waals surface area contributed by atoms with Gasteiger partial charge in [0, 0.05) is 0 Å². The van der Waals surface area contributed by atoms with E-state index in [2.05, 4.69) is 0 Å². The molecule has 2 aromatic carbocycles. The van der Waals surface area contributed by atoms with Crippen LogP contribution in [0.5, 0.6) is 11.5 Å². The van der Waals surface area contributed by atoms with Gasteiger partial charge in [-0.15, -0.1) is 0 Å². The predicted molar refractivity (Wildman–Crippen MR) is 99.9 cm³/mol. The first-order valence-electron chi connectivity index (χ1n) is 8.31. The molecule has 0 atom stereocenters. The number of methoxy groups -OCH3 is 2. The fraction of sp³-hybridized carbons (Fsp3) is 0.238. The zero-order valence-electron chi connectivity index (χ0n) is 15.2. The van der Waals surface area contributed by atoms with Crippen molar-refractivity contribution in [1.29, 1.82) is 0 Å². The molecule has 0 bridgehead atoms. The van der Waals surface area contributed by atoms with E-state index in [0.29, 0.717) is 34.8 Å². The lowest BCUT2D eigenvalue weighted by Gasteiger charge is -2.08. The van der Waals surface area contributed by atoms with E-state index in [-0.39, 0.29) is 5.78 Å². The van der Waals surface area contributed by atoms with Crippen molar-refractivity contribution in [3.8, 4) is 11.5 Å². The first-order chi connectivity index (χ1) is 12.6. The van der Waals surface area contributed by atoms with E-state index in [9.17, 15) is 9.59 Å². The molecular weight excluding hydrogens is 332 g/mol. The number of esters is 1. The van der Waals surface area contributed by atoms with Crippen LogP contribution in [-0.4, -0.2) is 32.6 Å². The number of hydrogen-bond acceptors (Lipinski definition) is 5. The number of ketones is 1. The van der Waals surface area contributed by atoms with E-state index in [1.54, 1.807) is 48.5 Å². The Balaban J connectivity index is 2.28. The largest absolute Gasteiger partial charge is 0.497 e. The van der Waals surface area contributed by atoms with Crippen LogP contribution in [0.15, 0.2) is 48.5 Å². The summed E-state index contributed by atoms with van der Waals surface area (Å²) in [4.78, 5) is 24.7. The quantitative estimate of drug-likeness (QED) is 0.404. The summed E-state index contributed by atoms with van der Waals surface area (Å²) < 4.78 is 15.6. The van der Waals surface area contributed by atoms with Crippen molar-refractivity contribution in [2.75, 3.05) is 20.8 Å². The van der Waals surface area contributed by atoms with Crippen LogP contribution in [0.2, 0.25) is 0 Å². The Kier molecular flexibility index (Phi) is 6.97. The summed E-state index contributed by atoms with van der Waals surface area (Å²) in [5, 5.41) is 0. The van der Waals surface area contributed by atoms with E-state index in [4.69, 9.17) is 14.2 Å². The molecule has 26 heavy (non-hydrogen) atoms. The topological polar surface area (TPSA) is 61.8 Å². The zero-order chi connectivity index (χ0) is 18.9. The van der Waals surface area contributed by atoms with Crippen molar-refractivity contribution in [2.24, 2.45) is 0 Å². The fourth-order valence-electron chi connectivity index (χ4n) is 2.36. The molecule has 0 spiro atoms. The first kappa shape index (κ1) is 19.2. The van der Waals surface area contributed by atoms with E-state index in [1.807, 2.05) is 6.92 Å². The highest BCUT2D eigenvalue weighted by Crippen LogP contribution is 2.25. The minimum atomic E-state index is -0.404. The SMILES string of the molecule is CCCOC(=O)c1ccccc1/C=C/C(=O)c1cc(OC)ccc1OC. The fourth-order valence-corrected chi connectivity index (χ4v) is 2.36. The monoisotopic (exact) mass is 354 g/mol. The van der Waals surface area contributed by atoms with E-state index >= 15 is 0 Å². The summed E-state index contributed by atoms with van der Waals surface area (Å²) in [6.07, 6.45) is 3.75. The molecule has 5 nitrogen and oxygen atoms in total. The molecule has 0 aliphatic rings. The number of rotatable bonds is 8. The highest BCUT2D eigenvalue weighted by molar-refractivity contribution is 6.09. The van der Waals surface area contributed by atoms with E-state index in [0.717, 1.165) is 6.42 Å². The average Bonchev–Trinajstić information content (AvgIpc) is 2.69. The molecule has 0 N–H and O–H groups in total. The molecule has 136 valence electrons. The Hall–Kier alpha value is -3.08. The molecule has 0 aliphatic heterocycles. The second-order valence-corrected chi connectivity index (χ2v) is 5.49. The van der Waals surface area contributed by atoms with Gasteiger partial charge in [0.2, 0.25) is 0 Å². The number of benzene rings is 2. The Bertz CT molecular complexity index is 808. The van der Waals surface area contributed by atoms with Crippen molar-refractivity contribution in [3.05, 3.63) is 65.2 Å². The molecule has 0 aromatic heterocycles. The van der Waals surface area contributed by atoms with E-state index < -0.39 is 5.97 Å². The molecule has 0 saturated carbocycles. The molecule has 0 amide bonds. The maximum absolute atomic E-state index is 12.6. The first-order valence-corrected chi connectivity index (χ1v) is 8.31. The summed E-state index contributed by atoms with van der Waals surface area (Å²) in [6, 6.07) is 12.0. The second kappa shape index (κ2) is 9.42. The van der Waals surface area contributed by atoms with Gasteiger partial charge in [0.05, 0.1) is 32.0 Å². The molecule has 2 aromatic rings. The Morgan fingerprint density at radius 1 is 1.00 bits per heavy atom. The third-order valence-corrected chi connectivity index (χ3v) is 3.70. The van der Waals surface area contributed by atoms with Gasteiger partial charge < -0.3 is 14.2 Å². The Morgan fingerprint density at radius 2 is 1.77 bits per heavy atom. The van der Waals surface area contributed by atoms with Crippen LogP contribution in [0.25, 0.3) is 6.08 Å². The molecule has 0 unspecified atom stereocenters. The summed E-state index contributed by atoms with van der Waals surface area (Å²) >= 11 is 0. The average molecular weight is 354 g/mol. The lowest BCUT2D eigenvalue weighted by atomic mass is 10.0. The maximum atomic E-state index is 12.6. The summed E-state index contributed by atoms with van der Waals surface area (Å²) in [5.74, 6) is 0.359. The summed E-state index contributed by atoms with van der Waals surface area (Å²) in [6.45, 7) is 2.29. The van der Waals surface area contributed by atoms with Crippen LogP contribution >= 0.6 is 0 Å². The van der Waals surface area contributed by atoms with Crippen LogP contribution in [0.1, 0.15) is 39.6 Å². The van der Waals surface area contributed by atoms with Crippen LogP contribution in [0.4, 0.5) is 0 Å². The van der Waals surface area contributed by atoms with Gasteiger partial charge in [-0.2, -0.15) is 0 Å². The van der Waals surface area contributed by atoms with Gasteiger partial charge >= 0.3 is 5.97 Å². The summed E-state index contributed by atoms with van der Waals surface area (Å²) in [5.41, 5.74) is 1.42. The number of carbonyl (C=O) groups excluding carboxylic acids is 2. The zero-order valence-corrected chi connectivity index (χ0v) is 15.2. The lowest BCUT2D eigenvalue weighted by Crippen LogP contribution is -2.07. The van der Waals surface area contributed by atoms with Crippen molar-refractivity contribution in [3.63, 3.8) is 0 Å². The van der Waals surface area contributed by atoms with Gasteiger partial charge in [0.15, 0.2) is 5.78 Å². The third kappa shape index (κ3) is 4.72. The highest BCUT2D eigenvalue weighted by Gasteiger charge is 2.13. The molecule has 5 heteroatoms. The minimum absolute atomic E-state index is 0.252. The normalized spacial score (nSPS) is 10.6. The highest BCUT2D eigenvalue weighted by atomic mass is 16.5. The van der Waals surface area contributed by atoms with Crippen LogP contribution in [0.3, 0.4) is 0 Å².